The number of aromatic nitrogens is 2. The van der Waals surface area contributed by atoms with Crippen LogP contribution in [-0.2, 0) is 0 Å². The van der Waals surface area contributed by atoms with Crippen LogP contribution in [0.25, 0.3) is 11.3 Å². The summed E-state index contributed by atoms with van der Waals surface area (Å²) < 4.78 is 45.7. The molecule has 1 N–H and O–H groups in total. The number of alkyl halides is 3. The lowest BCUT2D eigenvalue weighted by molar-refractivity contribution is -0.176. The third-order valence-corrected chi connectivity index (χ3v) is 7.43. The quantitative estimate of drug-likeness (QED) is 0.497. The third kappa shape index (κ3) is 4.58. The Morgan fingerprint density at radius 2 is 1.89 bits per heavy atom. The molecule has 3 aliphatic heterocycles. The second-order valence-corrected chi connectivity index (χ2v) is 9.83. The van der Waals surface area contributed by atoms with Gasteiger partial charge in [-0.2, -0.15) is 13.2 Å². The van der Waals surface area contributed by atoms with Gasteiger partial charge in [0.1, 0.15) is 5.82 Å². The summed E-state index contributed by atoms with van der Waals surface area (Å²) in [4.78, 5) is 28.0. The average Bonchev–Trinajstić information content (AvgIpc) is 3.44. The molecular weight excluding hydrogens is 485 g/mol. The molecule has 3 aliphatic rings. The van der Waals surface area contributed by atoms with Crippen molar-refractivity contribution in [3.63, 3.8) is 0 Å². The fourth-order valence-electron chi connectivity index (χ4n) is 5.60. The predicted molar refractivity (Wildman–Crippen MR) is 134 cm³/mol. The van der Waals surface area contributed by atoms with Crippen molar-refractivity contribution in [3.05, 3.63) is 49.0 Å². The molecule has 0 spiro atoms. The van der Waals surface area contributed by atoms with Crippen molar-refractivity contribution in [2.45, 2.75) is 37.9 Å². The highest BCUT2D eigenvalue weighted by atomic mass is 19.4. The van der Waals surface area contributed by atoms with Crippen LogP contribution in [0.2, 0.25) is 0 Å². The Balaban J connectivity index is 1.30. The zero-order chi connectivity index (χ0) is 25.6. The van der Waals surface area contributed by atoms with Gasteiger partial charge in [-0.05, 0) is 49.9 Å². The third-order valence-electron chi connectivity index (χ3n) is 7.43. The van der Waals surface area contributed by atoms with Gasteiger partial charge in [-0.15, -0.1) is 0 Å². The van der Waals surface area contributed by atoms with Gasteiger partial charge in [0, 0.05) is 37.4 Å². The summed E-state index contributed by atoms with van der Waals surface area (Å²) in [7, 11) is 0. The number of fused-ring (bicyclic) bond motifs is 4. The van der Waals surface area contributed by atoms with E-state index in [4.69, 9.17) is 9.40 Å². The van der Waals surface area contributed by atoms with Gasteiger partial charge in [-0.3, -0.25) is 4.90 Å². The number of nitrogens with zero attached hydrogens (tertiary/aromatic N) is 5. The summed E-state index contributed by atoms with van der Waals surface area (Å²) in [6, 6.07) is 10.6. The maximum atomic E-state index is 13.7. The van der Waals surface area contributed by atoms with E-state index in [-0.39, 0.29) is 25.0 Å². The van der Waals surface area contributed by atoms with E-state index in [0.717, 1.165) is 30.6 Å². The summed E-state index contributed by atoms with van der Waals surface area (Å²) in [6.07, 6.45) is 1.06. The smallest absolute Gasteiger partial charge is 0.393 e. The van der Waals surface area contributed by atoms with Gasteiger partial charge in [0.2, 0.25) is 0 Å². The van der Waals surface area contributed by atoms with Crippen LogP contribution in [-0.4, -0.2) is 54.4 Å². The van der Waals surface area contributed by atoms with Crippen LogP contribution < -0.4 is 20.0 Å². The van der Waals surface area contributed by atoms with E-state index in [1.807, 2.05) is 24.3 Å². The number of hydrogen-bond acceptors (Lipinski definition) is 6. The molecule has 0 radical (unpaired) electrons. The molecule has 2 fully saturated rings. The number of amides is 2. The number of hydrogen-bond donors (Lipinski definition) is 1. The van der Waals surface area contributed by atoms with Crippen LogP contribution in [0.1, 0.15) is 25.7 Å². The van der Waals surface area contributed by atoms with E-state index in [1.54, 1.807) is 28.1 Å². The first-order chi connectivity index (χ1) is 17.9. The molecule has 2 aromatic heterocycles. The predicted octanol–water partition coefficient (Wildman–Crippen LogP) is 5.54. The highest BCUT2D eigenvalue weighted by Gasteiger charge is 2.43. The lowest BCUT2D eigenvalue weighted by Gasteiger charge is -2.46. The Morgan fingerprint density at radius 1 is 1.05 bits per heavy atom. The molecule has 0 aliphatic carbocycles. The molecule has 1 aromatic carbocycles. The molecule has 2 amide bonds. The first-order valence-electron chi connectivity index (χ1n) is 12.5. The maximum Gasteiger partial charge on any atom is 0.393 e. The van der Waals surface area contributed by atoms with E-state index >= 15 is 0 Å². The number of benzene rings is 1. The van der Waals surface area contributed by atoms with Crippen molar-refractivity contribution in [2.24, 2.45) is 5.92 Å². The molecule has 2 unspecified atom stereocenters. The number of rotatable bonds is 3. The minimum atomic E-state index is -4.23. The topological polar surface area (TPSA) is 77.7 Å². The Morgan fingerprint density at radius 3 is 2.70 bits per heavy atom. The first kappa shape index (κ1) is 23.6. The number of nitrogens with one attached hydrogen (secondary N) is 1. The van der Waals surface area contributed by atoms with Gasteiger partial charge in [0.05, 0.1) is 23.8 Å². The van der Waals surface area contributed by atoms with Crippen molar-refractivity contribution < 1.29 is 22.4 Å². The van der Waals surface area contributed by atoms with Gasteiger partial charge in [0.25, 0.3) is 0 Å². The molecule has 11 heteroatoms. The molecule has 8 nitrogen and oxygen atoms in total. The first-order valence-corrected chi connectivity index (χ1v) is 12.5. The van der Waals surface area contributed by atoms with Crippen molar-refractivity contribution in [1.29, 1.82) is 0 Å². The van der Waals surface area contributed by atoms with Crippen molar-refractivity contribution in [1.82, 2.24) is 9.97 Å². The number of anilines is 4. The van der Waals surface area contributed by atoms with Gasteiger partial charge in [0.15, 0.2) is 18.0 Å². The van der Waals surface area contributed by atoms with Crippen molar-refractivity contribution >= 4 is 29.0 Å². The highest BCUT2D eigenvalue weighted by molar-refractivity contribution is 6.04. The van der Waals surface area contributed by atoms with E-state index in [9.17, 15) is 18.0 Å². The minimum absolute atomic E-state index is 0.0780. The number of urea groups is 1. The largest absolute Gasteiger partial charge is 0.444 e. The molecule has 2 saturated heterocycles. The SMILES string of the molecule is O=C(Nc1cccc(-c2cnco2)c1)N1c2nc(N3CCCC(C(F)(F)F)C3)ccc2N2CCCC1C2. The Bertz CT molecular complexity index is 1280. The minimum Gasteiger partial charge on any atom is -0.444 e. The number of carbonyl (C=O) groups is 1. The van der Waals surface area contributed by atoms with Gasteiger partial charge >= 0.3 is 12.2 Å². The Kier molecular flexibility index (Phi) is 5.92. The normalized spacial score (nSPS) is 21.5. The number of piperidine rings is 2. The number of oxazole rings is 1. The molecule has 0 saturated carbocycles. The fraction of sp³-hybridized carbons (Fsp3) is 0.423. The monoisotopic (exact) mass is 512 g/mol. The maximum absolute atomic E-state index is 13.7. The summed E-state index contributed by atoms with van der Waals surface area (Å²) in [5, 5.41) is 2.99. The summed E-state index contributed by atoms with van der Waals surface area (Å²) in [5.74, 6) is 0.177. The Labute approximate surface area is 212 Å². The second kappa shape index (κ2) is 9.28. The summed E-state index contributed by atoms with van der Waals surface area (Å²) in [5.41, 5.74) is 2.21. The molecule has 2 atom stereocenters. The average molecular weight is 513 g/mol. The Hall–Kier alpha value is -3.76. The van der Waals surface area contributed by atoms with E-state index in [1.165, 1.54) is 6.39 Å². The molecular formula is C26H27F3N6O2. The van der Waals surface area contributed by atoms with Crippen LogP contribution in [0.15, 0.2) is 53.4 Å². The van der Waals surface area contributed by atoms with Gasteiger partial charge < -0.3 is 19.5 Å². The van der Waals surface area contributed by atoms with Crippen molar-refractivity contribution in [2.75, 3.05) is 46.2 Å². The van der Waals surface area contributed by atoms with Crippen LogP contribution in [0.5, 0.6) is 0 Å². The molecule has 3 aromatic rings. The molecule has 5 heterocycles. The van der Waals surface area contributed by atoms with E-state index in [2.05, 4.69) is 15.2 Å². The molecule has 2 bridgehead atoms. The van der Waals surface area contributed by atoms with Crippen LogP contribution >= 0.6 is 0 Å². The van der Waals surface area contributed by atoms with Crippen LogP contribution in [0.4, 0.5) is 41.0 Å². The molecule has 37 heavy (non-hydrogen) atoms. The zero-order valence-electron chi connectivity index (χ0n) is 20.1. The molecule has 6 rings (SSSR count). The van der Waals surface area contributed by atoms with Crippen LogP contribution in [0, 0.1) is 5.92 Å². The number of halogens is 3. The second-order valence-electron chi connectivity index (χ2n) is 9.83. The van der Waals surface area contributed by atoms with Crippen LogP contribution in [0.3, 0.4) is 0 Å². The highest BCUT2D eigenvalue weighted by Crippen LogP contribution is 2.41. The fourth-order valence-corrected chi connectivity index (χ4v) is 5.60. The van der Waals surface area contributed by atoms with Gasteiger partial charge in [-0.1, -0.05) is 12.1 Å². The zero-order valence-corrected chi connectivity index (χ0v) is 20.1. The number of pyridine rings is 1. The standard InChI is InChI=1S/C26H27F3N6O2/c27-26(28,29)18-5-2-11-34(14-18)23-9-8-21-24(32-23)35(20-7-3-10-33(21)15-20)25(36)31-19-6-1-4-17(12-19)22-13-30-16-37-22/h1,4,6,8-9,12-13,16,18,20H,2-3,5,7,10-11,14-15H2,(H,31,36). The van der Waals surface area contributed by atoms with Gasteiger partial charge in [-0.25, -0.2) is 14.8 Å². The van der Waals surface area contributed by atoms with E-state index < -0.39 is 12.1 Å². The summed E-state index contributed by atoms with van der Waals surface area (Å²) >= 11 is 0. The molecule has 194 valence electrons. The van der Waals surface area contributed by atoms with E-state index in [0.29, 0.717) is 42.6 Å². The van der Waals surface area contributed by atoms with Crippen molar-refractivity contribution in [3.8, 4) is 11.3 Å². The summed E-state index contributed by atoms with van der Waals surface area (Å²) in [6.45, 7) is 1.94. The lowest BCUT2D eigenvalue weighted by atomic mass is 9.97. The number of carbonyl (C=O) groups excluding carboxylic acids is 1. The lowest BCUT2D eigenvalue weighted by Crippen LogP contribution is -2.56.